The fourth-order valence-electron chi connectivity index (χ4n) is 1.56. The van der Waals surface area contributed by atoms with Gasteiger partial charge in [0.2, 0.25) is 0 Å². The van der Waals surface area contributed by atoms with E-state index in [9.17, 15) is 4.79 Å². The molecule has 0 fully saturated rings. The number of hydrogen-bond donors (Lipinski definition) is 0. The van der Waals surface area contributed by atoms with Crippen molar-refractivity contribution in [2.45, 2.75) is 6.92 Å². The maximum absolute atomic E-state index is 11.0. The zero-order valence-electron chi connectivity index (χ0n) is 8.97. The van der Waals surface area contributed by atoms with Crippen molar-refractivity contribution in [2.75, 3.05) is 6.61 Å². The van der Waals surface area contributed by atoms with Crippen molar-refractivity contribution in [1.82, 2.24) is 0 Å². The highest BCUT2D eigenvalue weighted by Gasteiger charge is 2.06. The highest BCUT2D eigenvalue weighted by atomic mass is 32.1. The van der Waals surface area contributed by atoms with Gasteiger partial charge in [-0.2, -0.15) is 11.3 Å². The molecule has 16 heavy (non-hydrogen) atoms. The molecule has 1 aromatic carbocycles. The number of hydrogen-bond acceptors (Lipinski definition) is 3. The Morgan fingerprint density at radius 3 is 2.88 bits per heavy atom. The molecular formula is C13H12O2S. The third-order valence-corrected chi connectivity index (χ3v) is 2.98. The van der Waals surface area contributed by atoms with Gasteiger partial charge in [0.15, 0.2) is 6.29 Å². The smallest absolute Gasteiger partial charge is 0.150 e. The van der Waals surface area contributed by atoms with E-state index in [4.69, 9.17) is 4.74 Å². The Kier molecular flexibility index (Phi) is 3.37. The third-order valence-electron chi connectivity index (χ3n) is 2.29. The Bertz CT molecular complexity index is 475. The summed E-state index contributed by atoms with van der Waals surface area (Å²) in [6, 6.07) is 7.53. The van der Waals surface area contributed by atoms with Gasteiger partial charge < -0.3 is 4.74 Å². The molecule has 0 saturated heterocycles. The molecule has 0 aliphatic carbocycles. The lowest BCUT2D eigenvalue weighted by atomic mass is 10.0. The maximum atomic E-state index is 11.0. The minimum atomic E-state index is 0.628. The molecule has 0 radical (unpaired) electrons. The highest BCUT2D eigenvalue weighted by molar-refractivity contribution is 7.08. The molecule has 82 valence electrons. The lowest BCUT2D eigenvalue weighted by molar-refractivity contribution is 0.112. The summed E-state index contributed by atoms with van der Waals surface area (Å²) < 4.78 is 5.43. The molecule has 0 amide bonds. The average Bonchev–Trinajstić information content (AvgIpc) is 2.83. The maximum Gasteiger partial charge on any atom is 0.150 e. The zero-order valence-corrected chi connectivity index (χ0v) is 9.79. The van der Waals surface area contributed by atoms with Crippen LogP contribution in [0.4, 0.5) is 0 Å². The molecule has 0 aliphatic heterocycles. The fourth-order valence-corrected chi connectivity index (χ4v) is 2.22. The first-order chi connectivity index (χ1) is 7.85. The molecule has 2 rings (SSSR count). The van der Waals surface area contributed by atoms with E-state index in [0.717, 1.165) is 23.2 Å². The third kappa shape index (κ3) is 2.14. The topological polar surface area (TPSA) is 26.3 Å². The monoisotopic (exact) mass is 232 g/mol. The molecule has 0 atom stereocenters. The molecule has 0 bridgehead atoms. The van der Waals surface area contributed by atoms with Crippen LogP contribution in [-0.4, -0.2) is 12.9 Å². The second kappa shape index (κ2) is 4.94. The molecule has 0 saturated carbocycles. The van der Waals surface area contributed by atoms with Crippen LogP contribution in [0.25, 0.3) is 11.1 Å². The Morgan fingerprint density at radius 1 is 1.38 bits per heavy atom. The predicted octanol–water partition coefficient (Wildman–Crippen LogP) is 3.63. The van der Waals surface area contributed by atoms with Crippen LogP contribution in [-0.2, 0) is 0 Å². The van der Waals surface area contributed by atoms with Crippen molar-refractivity contribution in [2.24, 2.45) is 0 Å². The van der Waals surface area contributed by atoms with Crippen molar-refractivity contribution in [3.63, 3.8) is 0 Å². The summed E-state index contributed by atoms with van der Waals surface area (Å²) in [5.41, 5.74) is 2.69. The van der Waals surface area contributed by atoms with Crippen LogP contribution in [0.1, 0.15) is 17.3 Å². The number of carbonyl (C=O) groups excluding carboxylic acids is 1. The summed E-state index contributed by atoms with van der Waals surface area (Å²) in [7, 11) is 0. The van der Waals surface area contributed by atoms with Gasteiger partial charge in [-0.1, -0.05) is 0 Å². The molecule has 0 N–H and O–H groups in total. The summed E-state index contributed by atoms with van der Waals surface area (Å²) in [6.45, 7) is 2.57. The van der Waals surface area contributed by atoms with Gasteiger partial charge in [-0.15, -0.1) is 0 Å². The molecule has 3 heteroatoms. The van der Waals surface area contributed by atoms with Crippen LogP contribution in [0.15, 0.2) is 35.0 Å². The van der Waals surface area contributed by atoms with E-state index in [1.807, 2.05) is 35.9 Å². The van der Waals surface area contributed by atoms with E-state index in [1.165, 1.54) is 0 Å². The second-order valence-electron chi connectivity index (χ2n) is 3.31. The van der Waals surface area contributed by atoms with Gasteiger partial charge in [-0.05, 0) is 53.1 Å². The zero-order chi connectivity index (χ0) is 11.4. The van der Waals surface area contributed by atoms with Crippen LogP contribution in [0.5, 0.6) is 5.75 Å². The molecule has 0 unspecified atom stereocenters. The minimum Gasteiger partial charge on any atom is -0.494 e. The van der Waals surface area contributed by atoms with Crippen LogP contribution in [0, 0.1) is 0 Å². The van der Waals surface area contributed by atoms with Gasteiger partial charge in [0.1, 0.15) is 5.75 Å². The molecule has 0 aliphatic rings. The van der Waals surface area contributed by atoms with Gasteiger partial charge in [0, 0.05) is 5.56 Å². The number of rotatable bonds is 4. The van der Waals surface area contributed by atoms with E-state index in [1.54, 1.807) is 17.4 Å². The SMILES string of the molecule is CCOc1ccc(C=O)c(-c2ccsc2)c1. The predicted molar refractivity (Wildman–Crippen MR) is 66.3 cm³/mol. The van der Waals surface area contributed by atoms with E-state index in [-0.39, 0.29) is 0 Å². The van der Waals surface area contributed by atoms with Crippen LogP contribution >= 0.6 is 11.3 Å². The van der Waals surface area contributed by atoms with Gasteiger partial charge in [-0.3, -0.25) is 4.79 Å². The lowest BCUT2D eigenvalue weighted by Crippen LogP contribution is -1.93. The van der Waals surface area contributed by atoms with E-state index < -0.39 is 0 Å². The number of thiophene rings is 1. The highest BCUT2D eigenvalue weighted by Crippen LogP contribution is 2.28. The molecule has 2 nitrogen and oxygen atoms in total. The summed E-state index contributed by atoms with van der Waals surface area (Å²) >= 11 is 1.62. The van der Waals surface area contributed by atoms with Gasteiger partial charge in [0.25, 0.3) is 0 Å². The van der Waals surface area contributed by atoms with Crippen LogP contribution in [0.2, 0.25) is 0 Å². The van der Waals surface area contributed by atoms with E-state index in [0.29, 0.717) is 12.2 Å². The van der Waals surface area contributed by atoms with Crippen molar-refractivity contribution >= 4 is 17.6 Å². The number of benzene rings is 1. The number of carbonyl (C=O) groups is 1. The summed E-state index contributed by atoms with van der Waals surface area (Å²) in [5, 5.41) is 4.02. The molecule has 1 heterocycles. The Balaban J connectivity index is 2.47. The minimum absolute atomic E-state index is 0.628. The number of aldehydes is 1. The van der Waals surface area contributed by atoms with Crippen molar-refractivity contribution < 1.29 is 9.53 Å². The van der Waals surface area contributed by atoms with E-state index >= 15 is 0 Å². The van der Waals surface area contributed by atoms with Gasteiger partial charge in [-0.25, -0.2) is 0 Å². The normalized spacial score (nSPS) is 10.1. The van der Waals surface area contributed by atoms with E-state index in [2.05, 4.69) is 0 Å². The first-order valence-electron chi connectivity index (χ1n) is 5.09. The quantitative estimate of drug-likeness (QED) is 0.752. The molecule has 2 aromatic rings. The molecular weight excluding hydrogens is 220 g/mol. The van der Waals surface area contributed by atoms with Crippen LogP contribution < -0.4 is 4.74 Å². The second-order valence-corrected chi connectivity index (χ2v) is 4.09. The number of ether oxygens (including phenoxy) is 1. The summed E-state index contributed by atoms with van der Waals surface area (Å²) in [4.78, 5) is 11.0. The Hall–Kier alpha value is -1.61. The molecule has 0 spiro atoms. The van der Waals surface area contributed by atoms with Crippen molar-refractivity contribution in [3.05, 3.63) is 40.6 Å². The molecule has 1 aromatic heterocycles. The summed E-state index contributed by atoms with van der Waals surface area (Å²) in [5.74, 6) is 0.800. The van der Waals surface area contributed by atoms with Crippen molar-refractivity contribution in [1.29, 1.82) is 0 Å². The van der Waals surface area contributed by atoms with Gasteiger partial charge in [0.05, 0.1) is 6.61 Å². The Labute approximate surface area is 98.5 Å². The first kappa shape index (κ1) is 10.9. The van der Waals surface area contributed by atoms with Gasteiger partial charge >= 0.3 is 0 Å². The standard InChI is InChI=1S/C13H12O2S/c1-2-15-12-4-3-10(8-14)13(7-12)11-5-6-16-9-11/h3-9H,2H2,1H3. The Morgan fingerprint density at radius 2 is 2.25 bits per heavy atom. The van der Waals surface area contributed by atoms with Crippen LogP contribution in [0.3, 0.4) is 0 Å². The average molecular weight is 232 g/mol. The largest absolute Gasteiger partial charge is 0.494 e. The first-order valence-corrected chi connectivity index (χ1v) is 6.04. The summed E-state index contributed by atoms with van der Waals surface area (Å²) in [6.07, 6.45) is 0.878. The van der Waals surface area contributed by atoms with Crippen molar-refractivity contribution in [3.8, 4) is 16.9 Å². The fraction of sp³-hybridized carbons (Fsp3) is 0.154. The lowest BCUT2D eigenvalue weighted by Gasteiger charge is -2.07.